The van der Waals surface area contributed by atoms with Crippen LogP contribution in [-0.4, -0.2) is 69.6 Å². The highest BCUT2D eigenvalue weighted by Gasteiger charge is 2.44. The molecule has 0 saturated carbocycles. The third kappa shape index (κ3) is 3.71. The first-order valence-corrected chi connectivity index (χ1v) is 5.82. The van der Waals surface area contributed by atoms with Gasteiger partial charge in [0.1, 0.15) is 30.2 Å². The fourth-order valence-corrected chi connectivity index (χ4v) is 1.86. The lowest BCUT2D eigenvalue weighted by molar-refractivity contribution is -0.309. The SMILES string of the molecule is CC(=O)C[C@@H](C)O[C@@H]1O[C@H](CO)[C@@H](O)[C@H](O)[C@H]1O. The fourth-order valence-electron chi connectivity index (χ4n) is 1.86. The van der Waals surface area contributed by atoms with E-state index in [1.54, 1.807) is 6.92 Å². The first-order valence-electron chi connectivity index (χ1n) is 5.82. The maximum absolute atomic E-state index is 10.9. The summed E-state index contributed by atoms with van der Waals surface area (Å²) in [6, 6.07) is 0. The molecule has 1 fully saturated rings. The molecule has 7 nitrogen and oxygen atoms in total. The molecule has 7 heteroatoms. The van der Waals surface area contributed by atoms with Crippen molar-refractivity contribution in [1.29, 1.82) is 0 Å². The highest BCUT2D eigenvalue weighted by atomic mass is 16.7. The monoisotopic (exact) mass is 264 g/mol. The molecule has 0 amide bonds. The van der Waals surface area contributed by atoms with Crippen molar-refractivity contribution >= 4 is 5.78 Å². The Labute approximate surface area is 105 Å². The third-order valence-corrected chi connectivity index (χ3v) is 2.79. The van der Waals surface area contributed by atoms with Gasteiger partial charge in [-0.15, -0.1) is 0 Å². The summed E-state index contributed by atoms with van der Waals surface area (Å²) in [7, 11) is 0. The van der Waals surface area contributed by atoms with Crippen molar-refractivity contribution < 1.29 is 34.7 Å². The Balaban J connectivity index is 2.61. The lowest BCUT2D eigenvalue weighted by Gasteiger charge is -2.40. The van der Waals surface area contributed by atoms with E-state index < -0.39 is 43.4 Å². The van der Waals surface area contributed by atoms with Gasteiger partial charge in [-0.2, -0.15) is 0 Å². The average Bonchev–Trinajstić information content (AvgIpc) is 2.29. The number of Topliss-reactive ketones (excluding diaryl/α,β-unsaturated/α-hetero) is 1. The summed E-state index contributed by atoms with van der Waals surface area (Å²) in [5.41, 5.74) is 0. The van der Waals surface area contributed by atoms with Crippen molar-refractivity contribution in [3.63, 3.8) is 0 Å². The van der Waals surface area contributed by atoms with Crippen LogP contribution in [-0.2, 0) is 14.3 Å². The molecule has 0 unspecified atom stereocenters. The molecule has 106 valence electrons. The van der Waals surface area contributed by atoms with Gasteiger partial charge in [0.25, 0.3) is 0 Å². The first kappa shape index (κ1) is 15.5. The largest absolute Gasteiger partial charge is 0.394 e. The van der Waals surface area contributed by atoms with Gasteiger partial charge in [0.2, 0.25) is 0 Å². The van der Waals surface area contributed by atoms with E-state index in [9.17, 15) is 20.1 Å². The molecule has 0 radical (unpaired) electrons. The minimum atomic E-state index is -1.47. The zero-order valence-electron chi connectivity index (χ0n) is 10.4. The topological polar surface area (TPSA) is 116 Å². The number of carbonyl (C=O) groups is 1. The fraction of sp³-hybridized carbons (Fsp3) is 0.909. The summed E-state index contributed by atoms with van der Waals surface area (Å²) in [5.74, 6) is -0.0768. The van der Waals surface area contributed by atoms with E-state index in [0.29, 0.717) is 0 Å². The molecule has 1 heterocycles. The van der Waals surface area contributed by atoms with E-state index in [1.165, 1.54) is 6.92 Å². The van der Waals surface area contributed by atoms with Crippen LogP contribution in [0.25, 0.3) is 0 Å². The highest BCUT2D eigenvalue weighted by Crippen LogP contribution is 2.23. The molecule has 0 bridgehead atoms. The summed E-state index contributed by atoms with van der Waals surface area (Å²) < 4.78 is 10.4. The summed E-state index contributed by atoms with van der Waals surface area (Å²) in [6.45, 7) is 2.53. The molecule has 1 rings (SSSR count). The Morgan fingerprint density at radius 3 is 2.39 bits per heavy atom. The van der Waals surface area contributed by atoms with Crippen molar-refractivity contribution in [3.05, 3.63) is 0 Å². The van der Waals surface area contributed by atoms with Crippen LogP contribution in [0.1, 0.15) is 20.3 Å². The number of ether oxygens (including phenoxy) is 2. The molecule has 1 saturated heterocycles. The zero-order valence-corrected chi connectivity index (χ0v) is 10.4. The second-order valence-corrected chi connectivity index (χ2v) is 4.55. The molecular weight excluding hydrogens is 244 g/mol. The summed E-state index contributed by atoms with van der Waals surface area (Å²) in [6.07, 6.45) is -6.85. The van der Waals surface area contributed by atoms with Crippen molar-refractivity contribution in [2.75, 3.05) is 6.61 Å². The number of hydrogen-bond acceptors (Lipinski definition) is 7. The Hall–Kier alpha value is -0.570. The lowest BCUT2D eigenvalue weighted by atomic mass is 9.99. The van der Waals surface area contributed by atoms with E-state index >= 15 is 0 Å². The van der Waals surface area contributed by atoms with Crippen LogP contribution in [0.2, 0.25) is 0 Å². The lowest BCUT2D eigenvalue weighted by Crippen LogP contribution is -2.59. The van der Waals surface area contributed by atoms with Crippen LogP contribution >= 0.6 is 0 Å². The molecule has 0 aromatic heterocycles. The Morgan fingerprint density at radius 1 is 1.28 bits per heavy atom. The standard InChI is InChI=1S/C11H20O7/c1-5(13)3-6(2)17-11-10(16)9(15)8(14)7(4-12)18-11/h6-12,14-16H,3-4H2,1-2H3/t6-,7-,8-,9+,10-,11-/m1/s1. The third-order valence-electron chi connectivity index (χ3n) is 2.79. The molecule has 18 heavy (non-hydrogen) atoms. The van der Waals surface area contributed by atoms with Crippen molar-refractivity contribution in [1.82, 2.24) is 0 Å². The average molecular weight is 264 g/mol. The van der Waals surface area contributed by atoms with Gasteiger partial charge < -0.3 is 29.9 Å². The number of aliphatic hydroxyl groups is 4. The normalized spacial score (nSPS) is 38.4. The molecule has 4 N–H and O–H groups in total. The van der Waals surface area contributed by atoms with Gasteiger partial charge in [-0.3, -0.25) is 4.79 Å². The second-order valence-electron chi connectivity index (χ2n) is 4.55. The van der Waals surface area contributed by atoms with E-state index in [4.69, 9.17) is 14.6 Å². The minimum absolute atomic E-state index is 0.0768. The van der Waals surface area contributed by atoms with E-state index in [2.05, 4.69) is 0 Å². The molecule has 1 aliphatic rings. The first-order chi connectivity index (χ1) is 8.36. The molecule has 6 atom stereocenters. The predicted molar refractivity (Wildman–Crippen MR) is 59.6 cm³/mol. The Kier molecular flexibility index (Phi) is 5.64. The number of rotatable bonds is 5. The summed E-state index contributed by atoms with van der Waals surface area (Å²) in [4.78, 5) is 10.9. The van der Waals surface area contributed by atoms with Crippen molar-refractivity contribution in [2.24, 2.45) is 0 Å². The molecule has 1 aliphatic heterocycles. The molecular formula is C11H20O7. The molecule has 0 aromatic carbocycles. The van der Waals surface area contributed by atoms with Gasteiger partial charge in [0.15, 0.2) is 6.29 Å². The number of carbonyl (C=O) groups excluding carboxylic acids is 1. The number of ketones is 1. The van der Waals surface area contributed by atoms with Gasteiger partial charge in [0.05, 0.1) is 12.7 Å². The number of hydrogen-bond donors (Lipinski definition) is 4. The number of aliphatic hydroxyl groups excluding tert-OH is 4. The zero-order chi connectivity index (χ0) is 13.9. The van der Waals surface area contributed by atoms with Gasteiger partial charge >= 0.3 is 0 Å². The Morgan fingerprint density at radius 2 is 1.89 bits per heavy atom. The highest BCUT2D eigenvalue weighted by molar-refractivity contribution is 5.75. The smallest absolute Gasteiger partial charge is 0.186 e. The van der Waals surface area contributed by atoms with Crippen molar-refractivity contribution in [3.8, 4) is 0 Å². The second kappa shape index (κ2) is 6.55. The van der Waals surface area contributed by atoms with Gasteiger partial charge in [0, 0.05) is 6.42 Å². The van der Waals surface area contributed by atoms with Crippen LogP contribution < -0.4 is 0 Å². The maximum Gasteiger partial charge on any atom is 0.186 e. The summed E-state index contributed by atoms with van der Waals surface area (Å²) >= 11 is 0. The van der Waals surface area contributed by atoms with E-state index in [-0.39, 0.29) is 12.2 Å². The van der Waals surface area contributed by atoms with Gasteiger partial charge in [-0.25, -0.2) is 0 Å². The molecule has 0 aliphatic carbocycles. The quantitative estimate of drug-likeness (QED) is 0.461. The molecule has 0 aromatic rings. The maximum atomic E-state index is 10.9. The van der Waals surface area contributed by atoms with Crippen LogP contribution in [0.4, 0.5) is 0 Å². The summed E-state index contributed by atoms with van der Waals surface area (Å²) in [5, 5.41) is 37.7. The van der Waals surface area contributed by atoms with Crippen LogP contribution in [0.15, 0.2) is 0 Å². The van der Waals surface area contributed by atoms with E-state index in [1.807, 2.05) is 0 Å². The van der Waals surface area contributed by atoms with Gasteiger partial charge in [-0.05, 0) is 13.8 Å². The van der Waals surface area contributed by atoms with Gasteiger partial charge in [-0.1, -0.05) is 0 Å². The Bertz CT molecular complexity index is 281. The van der Waals surface area contributed by atoms with Crippen LogP contribution in [0, 0.1) is 0 Å². The van der Waals surface area contributed by atoms with Crippen LogP contribution in [0.5, 0.6) is 0 Å². The minimum Gasteiger partial charge on any atom is -0.394 e. The van der Waals surface area contributed by atoms with E-state index in [0.717, 1.165) is 0 Å². The predicted octanol–water partition coefficient (Wildman–Crippen LogP) is -1.83. The van der Waals surface area contributed by atoms with Crippen LogP contribution in [0.3, 0.4) is 0 Å². The van der Waals surface area contributed by atoms with Crippen molar-refractivity contribution in [2.45, 2.75) is 57.1 Å². The molecule has 0 spiro atoms.